The van der Waals surface area contributed by atoms with Gasteiger partial charge in [-0.15, -0.1) is 0 Å². The Kier molecular flexibility index (Phi) is 4.61. The summed E-state index contributed by atoms with van der Waals surface area (Å²) in [6.45, 7) is 0.0288. The van der Waals surface area contributed by atoms with Crippen LogP contribution < -0.4 is 0 Å². The van der Waals surface area contributed by atoms with E-state index in [4.69, 9.17) is 11.6 Å². The minimum absolute atomic E-state index is 0.0288. The standard InChI is InChI=1S/C14H12ClF2NO2S/c1-18(9-10-4-2-3-5-12(10)15)21(19,20)11-6-7-13(16)14(17)8-11/h2-8H,9H2,1H3. The summed E-state index contributed by atoms with van der Waals surface area (Å²) in [5.41, 5.74) is 0.618. The summed E-state index contributed by atoms with van der Waals surface area (Å²) >= 11 is 5.98. The van der Waals surface area contributed by atoms with Gasteiger partial charge in [0, 0.05) is 18.6 Å². The van der Waals surface area contributed by atoms with E-state index < -0.39 is 21.7 Å². The lowest BCUT2D eigenvalue weighted by Crippen LogP contribution is -2.26. The molecule has 0 aromatic heterocycles. The highest BCUT2D eigenvalue weighted by Gasteiger charge is 2.22. The molecule has 0 N–H and O–H groups in total. The van der Waals surface area contributed by atoms with Gasteiger partial charge in [0.2, 0.25) is 10.0 Å². The molecule has 2 aromatic rings. The Morgan fingerprint density at radius 3 is 2.38 bits per heavy atom. The summed E-state index contributed by atoms with van der Waals surface area (Å²) in [7, 11) is -2.58. The second-order valence-electron chi connectivity index (χ2n) is 4.43. The zero-order chi connectivity index (χ0) is 15.6. The van der Waals surface area contributed by atoms with Gasteiger partial charge in [0.25, 0.3) is 0 Å². The highest BCUT2D eigenvalue weighted by Crippen LogP contribution is 2.22. The van der Waals surface area contributed by atoms with Gasteiger partial charge in [0.05, 0.1) is 4.90 Å². The third-order valence-corrected chi connectivity index (χ3v) is 5.12. The van der Waals surface area contributed by atoms with Gasteiger partial charge in [-0.2, -0.15) is 4.31 Å². The molecule has 0 aliphatic heterocycles. The Hall–Kier alpha value is -1.50. The zero-order valence-electron chi connectivity index (χ0n) is 11.1. The topological polar surface area (TPSA) is 37.4 Å². The number of rotatable bonds is 4. The molecule has 7 heteroatoms. The van der Waals surface area contributed by atoms with Crippen LogP contribution in [-0.4, -0.2) is 19.8 Å². The largest absolute Gasteiger partial charge is 0.243 e. The first-order valence-corrected chi connectivity index (χ1v) is 7.79. The average molecular weight is 332 g/mol. The Labute approximate surface area is 126 Å². The first-order chi connectivity index (χ1) is 9.82. The predicted molar refractivity (Wildman–Crippen MR) is 76.5 cm³/mol. The first-order valence-electron chi connectivity index (χ1n) is 5.97. The zero-order valence-corrected chi connectivity index (χ0v) is 12.6. The van der Waals surface area contributed by atoms with Crippen molar-refractivity contribution in [3.8, 4) is 0 Å². The number of nitrogens with zero attached hydrogens (tertiary/aromatic N) is 1. The van der Waals surface area contributed by atoms with Gasteiger partial charge >= 0.3 is 0 Å². The van der Waals surface area contributed by atoms with Gasteiger partial charge in [-0.1, -0.05) is 29.8 Å². The number of hydrogen-bond acceptors (Lipinski definition) is 2. The quantitative estimate of drug-likeness (QED) is 0.860. The molecule has 0 bridgehead atoms. The molecule has 0 unspecified atom stereocenters. The van der Waals surface area contributed by atoms with Crippen LogP contribution in [0.2, 0.25) is 5.02 Å². The normalized spacial score (nSPS) is 11.9. The average Bonchev–Trinajstić information content (AvgIpc) is 2.44. The lowest BCUT2D eigenvalue weighted by Gasteiger charge is -2.18. The molecular weight excluding hydrogens is 320 g/mol. The monoisotopic (exact) mass is 331 g/mol. The van der Waals surface area contributed by atoms with Crippen LogP contribution in [-0.2, 0) is 16.6 Å². The smallest absolute Gasteiger partial charge is 0.207 e. The molecule has 0 heterocycles. The van der Waals surface area contributed by atoms with E-state index in [0.29, 0.717) is 16.7 Å². The Balaban J connectivity index is 2.30. The van der Waals surface area contributed by atoms with Crippen LogP contribution in [0.3, 0.4) is 0 Å². The highest BCUT2D eigenvalue weighted by atomic mass is 35.5. The van der Waals surface area contributed by atoms with Crippen molar-refractivity contribution in [1.29, 1.82) is 0 Å². The fourth-order valence-corrected chi connectivity index (χ4v) is 3.13. The third kappa shape index (κ3) is 3.40. The molecule has 0 aliphatic carbocycles. The van der Waals surface area contributed by atoms with Crippen LogP contribution in [0.25, 0.3) is 0 Å². The van der Waals surface area contributed by atoms with E-state index in [2.05, 4.69) is 0 Å². The van der Waals surface area contributed by atoms with E-state index in [-0.39, 0.29) is 11.4 Å². The van der Waals surface area contributed by atoms with Crippen molar-refractivity contribution in [2.45, 2.75) is 11.4 Å². The van der Waals surface area contributed by atoms with Crippen LogP contribution in [0.1, 0.15) is 5.56 Å². The van der Waals surface area contributed by atoms with Crippen molar-refractivity contribution in [1.82, 2.24) is 4.31 Å². The van der Waals surface area contributed by atoms with Crippen LogP contribution in [0.15, 0.2) is 47.4 Å². The van der Waals surface area contributed by atoms with E-state index in [1.54, 1.807) is 24.3 Å². The van der Waals surface area contributed by atoms with Gasteiger partial charge in [0.15, 0.2) is 11.6 Å². The van der Waals surface area contributed by atoms with Crippen LogP contribution in [0.5, 0.6) is 0 Å². The van der Waals surface area contributed by atoms with Crippen LogP contribution in [0, 0.1) is 11.6 Å². The number of halogens is 3. The molecule has 3 nitrogen and oxygen atoms in total. The lowest BCUT2D eigenvalue weighted by molar-refractivity contribution is 0.463. The molecule has 21 heavy (non-hydrogen) atoms. The van der Waals surface area contributed by atoms with Crippen molar-refractivity contribution in [3.63, 3.8) is 0 Å². The number of hydrogen-bond donors (Lipinski definition) is 0. The maximum atomic E-state index is 13.2. The van der Waals surface area contributed by atoms with E-state index in [1.807, 2.05) is 0 Å². The Morgan fingerprint density at radius 2 is 1.76 bits per heavy atom. The van der Waals surface area contributed by atoms with Gasteiger partial charge in [-0.3, -0.25) is 0 Å². The van der Waals surface area contributed by atoms with E-state index >= 15 is 0 Å². The van der Waals surface area contributed by atoms with Gasteiger partial charge in [-0.05, 0) is 29.8 Å². The Morgan fingerprint density at radius 1 is 1.10 bits per heavy atom. The second-order valence-corrected chi connectivity index (χ2v) is 6.88. The Bertz CT molecular complexity index is 765. The van der Waals surface area contributed by atoms with Crippen LogP contribution in [0.4, 0.5) is 8.78 Å². The van der Waals surface area contributed by atoms with Crippen molar-refractivity contribution in [3.05, 3.63) is 64.7 Å². The predicted octanol–water partition coefficient (Wildman–Crippen LogP) is 3.44. The molecular formula is C14H12ClF2NO2S. The van der Waals surface area contributed by atoms with Crippen molar-refractivity contribution in [2.75, 3.05) is 7.05 Å². The molecule has 0 fully saturated rings. The molecule has 0 saturated carbocycles. The van der Waals surface area contributed by atoms with Gasteiger partial charge in [0.1, 0.15) is 0 Å². The summed E-state index contributed by atoms with van der Waals surface area (Å²) in [4.78, 5) is -0.309. The number of benzene rings is 2. The third-order valence-electron chi connectivity index (χ3n) is 2.95. The molecule has 0 spiro atoms. The molecule has 0 radical (unpaired) electrons. The SMILES string of the molecule is CN(Cc1ccccc1Cl)S(=O)(=O)c1ccc(F)c(F)c1. The molecule has 112 valence electrons. The summed E-state index contributed by atoms with van der Waals surface area (Å²) in [6, 6.07) is 9.28. The van der Waals surface area contributed by atoms with E-state index in [0.717, 1.165) is 16.4 Å². The fourth-order valence-electron chi connectivity index (χ4n) is 1.77. The summed E-state index contributed by atoms with van der Waals surface area (Å²) in [6.07, 6.45) is 0. The van der Waals surface area contributed by atoms with E-state index in [1.165, 1.54) is 7.05 Å². The molecule has 2 aromatic carbocycles. The minimum Gasteiger partial charge on any atom is -0.207 e. The molecule has 0 saturated heterocycles. The lowest BCUT2D eigenvalue weighted by atomic mass is 10.2. The van der Waals surface area contributed by atoms with Gasteiger partial charge < -0.3 is 0 Å². The first kappa shape index (κ1) is 15.9. The van der Waals surface area contributed by atoms with Crippen LogP contribution >= 0.6 is 11.6 Å². The maximum absolute atomic E-state index is 13.2. The second kappa shape index (κ2) is 6.09. The minimum atomic E-state index is -3.93. The van der Waals surface area contributed by atoms with Crippen molar-refractivity contribution >= 4 is 21.6 Å². The van der Waals surface area contributed by atoms with Crippen molar-refractivity contribution in [2.24, 2.45) is 0 Å². The highest BCUT2D eigenvalue weighted by molar-refractivity contribution is 7.89. The molecule has 2 rings (SSSR count). The summed E-state index contributed by atoms with van der Waals surface area (Å²) < 4.78 is 51.7. The van der Waals surface area contributed by atoms with Crippen molar-refractivity contribution < 1.29 is 17.2 Å². The summed E-state index contributed by atoms with van der Waals surface area (Å²) in [5, 5.41) is 0.435. The summed E-state index contributed by atoms with van der Waals surface area (Å²) in [5.74, 6) is -2.30. The maximum Gasteiger partial charge on any atom is 0.243 e. The molecule has 0 amide bonds. The number of sulfonamides is 1. The van der Waals surface area contributed by atoms with Gasteiger partial charge in [-0.25, -0.2) is 17.2 Å². The molecule has 0 atom stereocenters. The molecule has 0 aliphatic rings. The fraction of sp³-hybridized carbons (Fsp3) is 0.143. The van der Waals surface area contributed by atoms with E-state index in [9.17, 15) is 17.2 Å².